The molecule has 1 amide bonds. The van der Waals surface area contributed by atoms with Crippen LogP contribution in [0.3, 0.4) is 0 Å². The molecule has 4 aromatic rings. The number of carbonyl (C=O) groups excluding carboxylic acids is 1. The van der Waals surface area contributed by atoms with E-state index in [0.29, 0.717) is 16.5 Å². The lowest BCUT2D eigenvalue weighted by atomic mass is 10.1. The Balaban J connectivity index is 1.78. The van der Waals surface area contributed by atoms with E-state index in [-0.39, 0.29) is 12.5 Å². The molecule has 0 aliphatic rings. The second-order valence-corrected chi connectivity index (χ2v) is 10.7. The second kappa shape index (κ2) is 9.33. The van der Waals surface area contributed by atoms with E-state index >= 15 is 0 Å². The third-order valence-corrected chi connectivity index (χ3v) is 7.54. The minimum Gasteiger partial charge on any atom is -0.272 e. The number of hydrogen-bond acceptors (Lipinski definition) is 5. The van der Waals surface area contributed by atoms with Gasteiger partial charge < -0.3 is 0 Å². The quantitative estimate of drug-likeness (QED) is 0.361. The second-order valence-electron chi connectivity index (χ2n) is 7.77. The van der Waals surface area contributed by atoms with Crippen molar-refractivity contribution < 1.29 is 13.2 Å². The Kier molecular flexibility index (Phi) is 6.49. The number of carbonyl (C=O) groups is 1. The van der Waals surface area contributed by atoms with Crippen molar-refractivity contribution in [3.8, 4) is 0 Å². The van der Waals surface area contributed by atoms with Gasteiger partial charge in [0, 0.05) is 0 Å². The van der Waals surface area contributed by atoms with E-state index in [1.165, 1.54) is 16.2 Å². The summed E-state index contributed by atoms with van der Waals surface area (Å²) in [5.74, 6) is -0.382. The molecule has 0 fully saturated rings. The lowest BCUT2D eigenvalue weighted by molar-refractivity contribution is -0.116. The molecule has 0 aliphatic heterocycles. The topological polar surface area (TPSA) is 70.6 Å². The van der Waals surface area contributed by atoms with Gasteiger partial charge in [0.15, 0.2) is 5.13 Å². The average Bonchev–Trinajstić information content (AvgIpc) is 3.21. The summed E-state index contributed by atoms with van der Waals surface area (Å²) >= 11 is 1.40. The average molecular weight is 480 g/mol. The van der Waals surface area contributed by atoms with Crippen LogP contribution in [0.1, 0.15) is 18.1 Å². The van der Waals surface area contributed by atoms with Gasteiger partial charge in [-0.25, -0.2) is 13.4 Å². The minimum absolute atomic E-state index is 0.338. The third kappa shape index (κ3) is 4.91. The lowest BCUT2D eigenvalue weighted by Gasteiger charge is -2.27. The van der Waals surface area contributed by atoms with Crippen molar-refractivity contribution in [3.05, 3.63) is 83.9 Å². The molecular formula is C25H25N3O3S2. The Morgan fingerprint density at radius 3 is 2.27 bits per heavy atom. The lowest BCUT2D eigenvalue weighted by Crippen LogP contribution is -2.41. The highest BCUT2D eigenvalue weighted by Crippen LogP contribution is 2.34. The van der Waals surface area contributed by atoms with E-state index in [1.54, 1.807) is 12.1 Å². The summed E-state index contributed by atoms with van der Waals surface area (Å²) in [6.07, 6.45) is 2.00. The van der Waals surface area contributed by atoms with Gasteiger partial charge in [-0.2, -0.15) is 0 Å². The highest BCUT2D eigenvalue weighted by Gasteiger charge is 2.28. The van der Waals surface area contributed by atoms with Crippen molar-refractivity contribution in [2.45, 2.75) is 20.3 Å². The van der Waals surface area contributed by atoms with Gasteiger partial charge in [0.1, 0.15) is 6.54 Å². The van der Waals surface area contributed by atoms with E-state index < -0.39 is 10.0 Å². The third-order valence-electron chi connectivity index (χ3n) is 5.39. The predicted octanol–water partition coefficient (Wildman–Crippen LogP) is 5.30. The molecule has 0 saturated carbocycles. The maximum atomic E-state index is 13.7. The fraction of sp³-hybridized carbons (Fsp3) is 0.200. The molecule has 6 nitrogen and oxygen atoms in total. The van der Waals surface area contributed by atoms with E-state index in [2.05, 4.69) is 11.9 Å². The van der Waals surface area contributed by atoms with E-state index in [4.69, 9.17) is 0 Å². The van der Waals surface area contributed by atoms with E-state index in [0.717, 1.165) is 38.3 Å². The number of amides is 1. The molecule has 8 heteroatoms. The Hall–Kier alpha value is -3.23. The molecule has 33 heavy (non-hydrogen) atoms. The maximum Gasteiger partial charge on any atom is 0.254 e. The van der Waals surface area contributed by atoms with Gasteiger partial charge >= 0.3 is 0 Å². The number of nitrogens with zero attached hydrogens (tertiary/aromatic N) is 3. The number of anilines is 3. The summed E-state index contributed by atoms with van der Waals surface area (Å²) in [6, 6.07) is 22.5. The first-order valence-corrected chi connectivity index (χ1v) is 13.2. The fourth-order valence-corrected chi connectivity index (χ4v) is 5.53. The van der Waals surface area contributed by atoms with Crippen LogP contribution < -0.4 is 9.21 Å². The van der Waals surface area contributed by atoms with Crippen molar-refractivity contribution in [2.75, 3.05) is 22.0 Å². The van der Waals surface area contributed by atoms with Gasteiger partial charge in [0.05, 0.1) is 27.8 Å². The highest BCUT2D eigenvalue weighted by atomic mass is 32.2. The molecule has 0 unspecified atom stereocenters. The molecule has 0 saturated heterocycles. The largest absolute Gasteiger partial charge is 0.272 e. The number of aryl methyl sites for hydroxylation is 2. The zero-order valence-electron chi connectivity index (χ0n) is 18.7. The Bertz CT molecular complexity index is 1360. The standard InChI is InChI=1S/C25H25N3O3S2/c1-4-19-13-15-20(16-14-19)28(25-26-21-10-6-8-12-23(21)32-25)24(29)17-27(33(3,30)31)22-11-7-5-9-18(22)2/h5-16H,4,17H2,1-3H3. The van der Waals surface area contributed by atoms with Crippen LogP contribution in [0.25, 0.3) is 10.2 Å². The summed E-state index contributed by atoms with van der Waals surface area (Å²) in [5.41, 5.74) is 3.84. The van der Waals surface area contributed by atoms with Gasteiger partial charge in [-0.05, 0) is 54.8 Å². The summed E-state index contributed by atoms with van der Waals surface area (Å²) in [7, 11) is -3.70. The van der Waals surface area contributed by atoms with Crippen molar-refractivity contribution in [2.24, 2.45) is 0 Å². The molecule has 4 rings (SSSR count). The number of thiazole rings is 1. The fourth-order valence-electron chi connectivity index (χ4n) is 3.62. The first kappa shape index (κ1) is 22.9. The van der Waals surface area contributed by atoms with Gasteiger partial charge in [0.2, 0.25) is 10.0 Å². The number of benzene rings is 3. The molecule has 3 aromatic carbocycles. The first-order valence-electron chi connectivity index (χ1n) is 10.6. The zero-order valence-corrected chi connectivity index (χ0v) is 20.4. The van der Waals surface area contributed by atoms with Crippen LogP contribution in [0.5, 0.6) is 0 Å². The number of rotatable bonds is 7. The predicted molar refractivity (Wildman–Crippen MR) is 136 cm³/mol. The molecule has 0 aliphatic carbocycles. The van der Waals surface area contributed by atoms with E-state index in [1.807, 2.05) is 67.6 Å². The number of para-hydroxylation sites is 2. The molecular weight excluding hydrogens is 454 g/mol. The molecule has 170 valence electrons. The summed E-state index contributed by atoms with van der Waals surface area (Å²) in [4.78, 5) is 19.9. The van der Waals surface area contributed by atoms with Crippen molar-refractivity contribution in [3.63, 3.8) is 0 Å². The van der Waals surface area contributed by atoms with E-state index in [9.17, 15) is 13.2 Å². The SMILES string of the molecule is CCc1ccc(N(C(=O)CN(c2ccccc2C)S(C)(=O)=O)c2nc3ccccc3s2)cc1. The summed E-state index contributed by atoms with van der Waals surface area (Å²) in [6.45, 7) is 3.56. The maximum absolute atomic E-state index is 13.7. The number of hydrogen-bond donors (Lipinski definition) is 0. The molecule has 1 aromatic heterocycles. The van der Waals surface area contributed by atoms with Gasteiger partial charge in [-0.15, -0.1) is 0 Å². The Morgan fingerprint density at radius 1 is 0.970 bits per heavy atom. The molecule has 0 spiro atoms. The zero-order chi connectivity index (χ0) is 23.6. The van der Waals surface area contributed by atoms with Crippen LogP contribution in [0.15, 0.2) is 72.8 Å². The van der Waals surface area contributed by atoms with Crippen molar-refractivity contribution >= 4 is 54.0 Å². The number of fused-ring (bicyclic) bond motifs is 1. The molecule has 1 heterocycles. The molecule has 0 N–H and O–H groups in total. The first-order chi connectivity index (χ1) is 15.8. The monoisotopic (exact) mass is 479 g/mol. The van der Waals surface area contributed by atoms with Crippen molar-refractivity contribution in [1.29, 1.82) is 0 Å². The molecule has 0 radical (unpaired) electrons. The highest BCUT2D eigenvalue weighted by molar-refractivity contribution is 7.92. The van der Waals surface area contributed by atoms with Gasteiger partial charge in [-0.3, -0.25) is 14.0 Å². The van der Waals surface area contributed by atoms with Crippen LogP contribution in [-0.4, -0.2) is 32.1 Å². The van der Waals surface area contributed by atoms with Crippen LogP contribution in [-0.2, 0) is 21.2 Å². The summed E-state index contributed by atoms with van der Waals surface area (Å²) in [5, 5.41) is 0.503. The Labute approximate surface area is 198 Å². The smallest absolute Gasteiger partial charge is 0.254 e. The number of sulfonamides is 1. The van der Waals surface area contributed by atoms with Crippen LogP contribution in [0.2, 0.25) is 0 Å². The van der Waals surface area contributed by atoms with Crippen molar-refractivity contribution in [1.82, 2.24) is 4.98 Å². The minimum atomic E-state index is -3.70. The van der Waals surface area contributed by atoms with Gasteiger partial charge in [-0.1, -0.05) is 60.7 Å². The summed E-state index contributed by atoms with van der Waals surface area (Å²) < 4.78 is 27.5. The van der Waals surface area contributed by atoms with Crippen LogP contribution in [0, 0.1) is 6.92 Å². The normalized spacial score (nSPS) is 11.5. The van der Waals surface area contributed by atoms with Crippen LogP contribution in [0.4, 0.5) is 16.5 Å². The van der Waals surface area contributed by atoms with Gasteiger partial charge in [0.25, 0.3) is 5.91 Å². The molecule has 0 bridgehead atoms. The molecule has 0 atom stereocenters. The number of aromatic nitrogens is 1. The van der Waals surface area contributed by atoms with Crippen LogP contribution >= 0.6 is 11.3 Å². The Morgan fingerprint density at radius 2 is 1.64 bits per heavy atom.